The molecule has 0 aromatic carbocycles. The van der Waals surface area contributed by atoms with Crippen LogP contribution in [0.2, 0.25) is 0 Å². The molecule has 0 saturated carbocycles. The van der Waals surface area contributed by atoms with Crippen molar-refractivity contribution in [2.24, 2.45) is 0 Å². The number of nitrogens with one attached hydrogen (secondary N) is 1. The van der Waals surface area contributed by atoms with Crippen molar-refractivity contribution in [1.82, 2.24) is 19.5 Å². The van der Waals surface area contributed by atoms with Gasteiger partial charge in [-0.2, -0.15) is 0 Å². The predicted molar refractivity (Wildman–Crippen MR) is 104 cm³/mol. The maximum atomic E-state index is 10.8. The summed E-state index contributed by atoms with van der Waals surface area (Å²) in [4.78, 5) is 28.1. The third-order valence-corrected chi connectivity index (χ3v) is 4.25. The molecule has 4 unspecified atom stereocenters. The SMILES string of the molecule is CC.CC.Nc1nc(=S)c2ncn(C3OC(COP(=O)(O)O)C(O)C3O)c2[nH]1. The Morgan fingerprint density at radius 2 is 1.93 bits per heavy atom. The molecule has 0 bridgehead atoms. The fourth-order valence-corrected chi connectivity index (χ4v) is 3.00. The van der Waals surface area contributed by atoms with Crippen LogP contribution < -0.4 is 5.73 Å². The molecule has 0 spiro atoms. The van der Waals surface area contributed by atoms with E-state index in [0.29, 0.717) is 11.2 Å². The smallest absolute Gasteiger partial charge is 0.387 e. The number of anilines is 1. The molecule has 0 amide bonds. The molecule has 3 rings (SSSR count). The lowest BCUT2D eigenvalue weighted by Crippen LogP contribution is -2.33. The Bertz CT molecular complexity index is 869. The van der Waals surface area contributed by atoms with Crippen LogP contribution in [-0.4, -0.2) is 64.4 Å². The molecule has 3 heterocycles. The molecule has 0 radical (unpaired) electrons. The third-order valence-electron chi connectivity index (χ3n) is 3.48. The maximum Gasteiger partial charge on any atom is 0.469 e. The van der Waals surface area contributed by atoms with Gasteiger partial charge in [-0.15, -0.1) is 0 Å². The molecule has 1 saturated heterocycles. The van der Waals surface area contributed by atoms with E-state index in [9.17, 15) is 14.8 Å². The summed E-state index contributed by atoms with van der Waals surface area (Å²) in [5, 5.41) is 20.2. The number of hydrogen-bond donors (Lipinski definition) is 6. The van der Waals surface area contributed by atoms with Crippen LogP contribution in [0.15, 0.2) is 6.33 Å². The van der Waals surface area contributed by atoms with E-state index in [0.717, 1.165) is 0 Å². The van der Waals surface area contributed by atoms with Gasteiger partial charge in [-0.3, -0.25) is 9.09 Å². The summed E-state index contributed by atoms with van der Waals surface area (Å²) in [5.74, 6) is 0.0312. The van der Waals surface area contributed by atoms with Gasteiger partial charge in [0, 0.05) is 0 Å². The molecule has 2 aromatic heterocycles. The zero-order chi connectivity index (χ0) is 21.6. The highest BCUT2D eigenvalue weighted by atomic mass is 32.1. The fourth-order valence-electron chi connectivity index (χ4n) is 2.41. The Hall–Kier alpha value is -1.44. The lowest BCUT2D eigenvalue weighted by atomic mass is 10.1. The Morgan fingerprint density at radius 1 is 1.32 bits per heavy atom. The molecular formula is C14H26N5O7PS. The van der Waals surface area contributed by atoms with Gasteiger partial charge in [-0.1, -0.05) is 39.9 Å². The molecule has 0 aliphatic carbocycles. The van der Waals surface area contributed by atoms with Gasteiger partial charge >= 0.3 is 7.82 Å². The Kier molecular flexibility index (Phi) is 9.11. The lowest BCUT2D eigenvalue weighted by Gasteiger charge is -2.17. The number of nitrogens with zero attached hydrogens (tertiary/aromatic N) is 3. The summed E-state index contributed by atoms with van der Waals surface area (Å²) in [6, 6.07) is 0. The van der Waals surface area contributed by atoms with Crippen LogP contribution in [0.4, 0.5) is 5.95 Å². The summed E-state index contributed by atoms with van der Waals surface area (Å²) in [7, 11) is -4.73. The minimum atomic E-state index is -4.73. The van der Waals surface area contributed by atoms with Crippen molar-refractivity contribution in [2.75, 3.05) is 12.3 Å². The van der Waals surface area contributed by atoms with Crippen LogP contribution in [0.1, 0.15) is 33.9 Å². The van der Waals surface area contributed by atoms with Crippen LogP contribution in [0.25, 0.3) is 11.2 Å². The zero-order valence-corrected chi connectivity index (χ0v) is 17.6. The number of phosphoric ester groups is 1. The number of phosphoric acid groups is 1. The van der Waals surface area contributed by atoms with Gasteiger partial charge in [-0.05, 0) is 0 Å². The molecular weight excluding hydrogens is 413 g/mol. The Balaban J connectivity index is 0.000000921. The topological polar surface area (TPSA) is 189 Å². The normalized spacial score (nSPS) is 24.3. The number of rotatable bonds is 4. The van der Waals surface area contributed by atoms with E-state index in [1.165, 1.54) is 10.9 Å². The van der Waals surface area contributed by atoms with Gasteiger partial charge in [0.1, 0.15) is 29.5 Å². The van der Waals surface area contributed by atoms with E-state index in [2.05, 4.69) is 19.5 Å². The van der Waals surface area contributed by atoms with Gasteiger partial charge in [0.05, 0.1) is 12.9 Å². The van der Waals surface area contributed by atoms with Crippen molar-refractivity contribution in [2.45, 2.75) is 52.2 Å². The van der Waals surface area contributed by atoms with Crippen LogP contribution >= 0.6 is 20.0 Å². The number of hydrogen-bond acceptors (Lipinski definition) is 9. The minimum absolute atomic E-state index is 0.0312. The van der Waals surface area contributed by atoms with Gasteiger partial charge in [-0.25, -0.2) is 14.5 Å². The number of aromatic amines is 1. The Morgan fingerprint density at radius 3 is 2.50 bits per heavy atom. The van der Waals surface area contributed by atoms with Crippen molar-refractivity contribution < 1.29 is 33.8 Å². The van der Waals surface area contributed by atoms with Crippen LogP contribution in [0, 0.1) is 4.64 Å². The minimum Gasteiger partial charge on any atom is -0.387 e. The second-order valence-electron chi connectivity index (χ2n) is 5.11. The van der Waals surface area contributed by atoms with E-state index in [1.807, 2.05) is 27.7 Å². The molecule has 2 aromatic rings. The zero-order valence-electron chi connectivity index (χ0n) is 15.9. The third kappa shape index (κ3) is 5.55. The summed E-state index contributed by atoms with van der Waals surface area (Å²) in [6.45, 7) is 7.39. The Labute approximate surface area is 166 Å². The van der Waals surface area contributed by atoms with E-state index < -0.39 is 39.0 Å². The van der Waals surface area contributed by atoms with E-state index in [1.54, 1.807) is 0 Å². The van der Waals surface area contributed by atoms with Crippen molar-refractivity contribution in [3.63, 3.8) is 0 Å². The second kappa shape index (κ2) is 10.4. The average Bonchev–Trinajstić information content (AvgIpc) is 3.18. The van der Waals surface area contributed by atoms with E-state index >= 15 is 0 Å². The quantitative estimate of drug-likeness (QED) is 0.292. The fraction of sp³-hybridized carbons (Fsp3) is 0.643. The standard InChI is InChI=1S/C10H14N5O7PS.2C2H6/c11-10-13-7-4(8(24)14-10)12-2-15(7)9-6(17)5(16)3(22-9)1-21-23(18,19)20;2*1-2/h2-3,5-6,9,16-17H,1H2,(H2,18,19,20)(H3,11,13,14,24);2*1-2H3. The monoisotopic (exact) mass is 439 g/mol. The number of aromatic nitrogens is 4. The summed E-state index contributed by atoms with van der Waals surface area (Å²) < 4.78 is 22.0. The molecule has 1 aliphatic heterocycles. The van der Waals surface area contributed by atoms with Crippen LogP contribution in [0.3, 0.4) is 0 Å². The van der Waals surface area contributed by atoms with Gasteiger partial charge < -0.3 is 35.5 Å². The summed E-state index contributed by atoms with van der Waals surface area (Å²) in [5.41, 5.74) is 6.24. The number of nitrogen functional groups attached to an aromatic ring is 1. The number of fused-ring (bicyclic) bond motifs is 1. The number of imidazole rings is 1. The van der Waals surface area contributed by atoms with E-state index in [4.69, 9.17) is 32.5 Å². The predicted octanol–water partition coefficient (Wildman–Crippen LogP) is 0.852. The molecule has 1 fully saturated rings. The maximum absolute atomic E-state index is 10.8. The first-order chi connectivity index (χ1) is 13.2. The number of aliphatic hydroxyl groups is 2. The average molecular weight is 439 g/mol. The van der Waals surface area contributed by atoms with Crippen LogP contribution in [-0.2, 0) is 13.8 Å². The van der Waals surface area contributed by atoms with Gasteiger partial charge in [0.2, 0.25) is 0 Å². The molecule has 12 nitrogen and oxygen atoms in total. The summed E-state index contributed by atoms with van der Waals surface area (Å²) >= 11 is 5.04. The van der Waals surface area contributed by atoms with Crippen molar-refractivity contribution >= 4 is 37.2 Å². The highest BCUT2D eigenvalue weighted by Crippen LogP contribution is 2.38. The van der Waals surface area contributed by atoms with Crippen molar-refractivity contribution in [1.29, 1.82) is 0 Å². The van der Waals surface area contributed by atoms with Crippen molar-refractivity contribution in [3.05, 3.63) is 11.0 Å². The molecule has 4 atom stereocenters. The second-order valence-corrected chi connectivity index (χ2v) is 6.73. The van der Waals surface area contributed by atoms with Crippen molar-refractivity contribution in [3.8, 4) is 0 Å². The van der Waals surface area contributed by atoms with Crippen LogP contribution in [0.5, 0.6) is 0 Å². The molecule has 7 N–H and O–H groups in total. The first-order valence-electron chi connectivity index (χ1n) is 8.61. The number of ether oxygens (including phenoxy) is 1. The molecule has 1 aliphatic rings. The van der Waals surface area contributed by atoms with E-state index in [-0.39, 0.29) is 10.6 Å². The van der Waals surface area contributed by atoms with Gasteiger partial charge in [0.15, 0.2) is 16.8 Å². The number of aliphatic hydroxyl groups excluding tert-OH is 2. The first-order valence-corrected chi connectivity index (χ1v) is 10.6. The largest absolute Gasteiger partial charge is 0.469 e. The number of nitrogens with two attached hydrogens (primary N) is 1. The molecule has 14 heteroatoms. The highest BCUT2D eigenvalue weighted by molar-refractivity contribution is 7.71. The number of H-pyrrole nitrogens is 1. The van der Waals surface area contributed by atoms with Gasteiger partial charge in [0.25, 0.3) is 0 Å². The highest BCUT2D eigenvalue weighted by Gasteiger charge is 2.45. The lowest BCUT2D eigenvalue weighted by molar-refractivity contribution is -0.0503. The molecule has 28 heavy (non-hydrogen) atoms. The first kappa shape index (κ1) is 24.6. The molecule has 160 valence electrons. The summed E-state index contributed by atoms with van der Waals surface area (Å²) in [6.07, 6.45) is -3.77.